The zero-order valence-electron chi connectivity index (χ0n) is 13.9. The lowest BCUT2D eigenvalue weighted by molar-refractivity contribution is -0.0504. The van der Waals surface area contributed by atoms with Crippen LogP contribution in [0.25, 0.3) is 0 Å². The summed E-state index contributed by atoms with van der Waals surface area (Å²) < 4.78 is 34.8. The molecule has 1 amide bonds. The summed E-state index contributed by atoms with van der Waals surface area (Å²) in [5.41, 5.74) is 0.343. The molecule has 1 aromatic carbocycles. The number of alkyl halides is 2. The molecule has 3 rings (SSSR count). The number of rotatable bonds is 5. The van der Waals surface area contributed by atoms with Gasteiger partial charge in [-0.05, 0) is 17.7 Å². The molecule has 1 aliphatic heterocycles. The van der Waals surface area contributed by atoms with E-state index in [-0.39, 0.29) is 30.3 Å². The number of morpholine rings is 1. The average Bonchev–Trinajstić information content (AvgIpc) is 2.67. The second-order valence-electron chi connectivity index (χ2n) is 5.65. The predicted octanol–water partition coefficient (Wildman–Crippen LogP) is 1.99. The van der Waals surface area contributed by atoms with Gasteiger partial charge in [-0.3, -0.25) is 4.79 Å². The van der Waals surface area contributed by atoms with Gasteiger partial charge in [0.15, 0.2) is 5.69 Å². The Bertz CT molecular complexity index is 832. The molecule has 8 nitrogen and oxygen atoms in total. The number of carbonyl (C=O) groups excluding carboxylic acids is 1. The number of carboxylic acid groups (broad SMARTS) is 1. The van der Waals surface area contributed by atoms with Crippen molar-refractivity contribution in [3.8, 4) is 5.75 Å². The highest BCUT2D eigenvalue weighted by atomic mass is 19.3. The van der Waals surface area contributed by atoms with Crippen molar-refractivity contribution in [1.82, 2.24) is 14.9 Å². The van der Waals surface area contributed by atoms with Crippen LogP contribution in [0, 0.1) is 0 Å². The van der Waals surface area contributed by atoms with Gasteiger partial charge >= 0.3 is 12.6 Å². The second-order valence-corrected chi connectivity index (χ2v) is 5.65. The van der Waals surface area contributed by atoms with Crippen LogP contribution in [0.4, 0.5) is 8.78 Å². The minimum absolute atomic E-state index is 0.00433. The summed E-state index contributed by atoms with van der Waals surface area (Å²) in [6, 6.07) is 6.10. The maximum absolute atomic E-state index is 12.6. The van der Waals surface area contributed by atoms with Crippen LogP contribution in [0.5, 0.6) is 5.75 Å². The van der Waals surface area contributed by atoms with Crippen LogP contribution in [0.1, 0.15) is 32.6 Å². The minimum Gasteiger partial charge on any atom is -0.476 e. The molecule has 142 valence electrons. The van der Waals surface area contributed by atoms with E-state index < -0.39 is 24.6 Å². The molecule has 1 N–H and O–H groups in total. The van der Waals surface area contributed by atoms with Crippen molar-refractivity contribution in [2.75, 3.05) is 19.7 Å². The van der Waals surface area contributed by atoms with Crippen LogP contribution >= 0.6 is 0 Å². The Balaban J connectivity index is 1.72. The number of aromatic nitrogens is 2. The molecule has 0 bridgehead atoms. The maximum Gasteiger partial charge on any atom is 0.387 e. The van der Waals surface area contributed by atoms with Crippen molar-refractivity contribution in [3.05, 3.63) is 53.6 Å². The lowest BCUT2D eigenvalue weighted by Crippen LogP contribution is -2.42. The zero-order chi connectivity index (χ0) is 19.4. The van der Waals surface area contributed by atoms with Gasteiger partial charge in [0, 0.05) is 6.54 Å². The van der Waals surface area contributed by atoms with Gasteiger partial charge < -0.3 is 19.5 Å². The highest BCUT2D eigenvalue weighted by Crippen LogP contribution is 2.26. The topological polar surface area (TPSA) is 102 Å². The fourth-order valence-corrected chi connectivity index (χ4v) is 2.64. The Kier molecular flexibility index (Phi) is 5.55. The molecule has 1 aromatic heterocycles. The van der Waals surface area contributed by atoms with Gasteiger partial charge in [-0.15, -0.1) is 0 Å². The predicted molar refractivity (Wildman–Crippen MR) is 86.7 cm³/mol. The lowest BCUT2D eigenvalue weighted by Gasteiger charge is -2.33. The number of carbonyl (C=O) groups is 2. The highest BCUT2D eigenvalue weighted by Gasteiger charge is 2.27. The third kappa shape index (κ3) is 4.53. The van der Waals surface area contributed by atoms with E-state index >= 15 is 0 Å². The molecule has 0 spiro atoms. The van der Waals surface area contributed by atoms with Crippen LogP contribution in [0.3, 0.4) is 0 Å². The molecule has 1 aliphatic rings. The molecular weight excluding hydrogens is 364 g/mol. The number of aromatic carboxylic acids is 1. The van der Waals surface area contributed by atoms with Crippen LogP contribution in [-0.2, 0) is 4.74 Å². The first kappa shape index (κ1) is 18.6. The molecule has 1 unspecified atom stereocenters. The van der Waals surface area contributed by atoms with Crippen LogP contribution in [0.15, 0.2) is 36.7 Å². The van der Waals surface area contributed by atoms with Gasteiger partial charge in [-0.1, -0.05) is 12.1 Å². The smallest absolute Gasteiger partial charge is 0.387 e. The molecule has 0 saturated carbocycles. The number of benzene rings is 1. The monoisotopic (exact) mass is 379 g/mol. The minimum atomic E-state index is -2.93. The van der Waals surface area contributed by atoms with Gasteiger partial charge in [0.05, 0.1) is 25.5 Å². The third-order valence-corrected chi connectivity index (χ3v) is 3.90. The van der Waals surface area contributed by atoms with E-state index in [2.05, 4.69) is 14.7 Å². The molecule has 1 atom stereocenters. The molecule has 2 heterocycles. The van der Waals surface area contributed by atoms with E-state index in [1.165, 1.54) is 17.0 Å². The Morgan fingerprint density at radius 3 is 2.67 bits per heavy atom. The number of halogens is 2. The van der Waals surface area contributed by atoms with Crippen molar-refractivity contribution in [1.29, 1.82) is 0 Å². The Morgan fingerprint density at radius 2 is 2.00 bits per heavy atom. The van der Waals surface area contributed by atoms with Crippen molar-refractivity contribution >= 4 is 11.9 Å². The van der Waals surface area contributed by atoms with Gasteiger partial charge in [0.1, 0.15) is 17.5 Å². The van der Waals surface area contributed by atoms with Gasteiger partial charge in [0.25, 0.3) is 5.91 Å². The summed E-state index contributed by atoms with van der Waals surface area (Å²) in [5.74, 6) is -1.66. The first-order valence-corrected chi connectivity index (χ1v) is 7.95. The van der Waals surface area contributed by atoms with Gasteiger partial charge in [0.2, 0.25) is 0 Å². The van der Waals surface area contributed by atoms with Crippen LogP contribution in [-0.4, -0.2) is 58.2 Å². The van der Waals surface area contributed by atoms with Crippen molar-refractivity contribution in [2.45, 2.75) is 12.7 Å². The van der Waals surface area contributed by atoms with Crippen molar-refractivity contribution in [2.24, 2.45) is 0 Å². The van der Waals surface area contributed by atoms with E-state index in [0.29, 0.717) is 12.1 Å². The first-order valence-electron chi connectivity index (χ1n) is 7.95. The Morgan fingerprint density at radius 1 is 1.26 bits per heavy atom. The fraction of sp³-hybridized carbons (Fsp3) is 0.294. The number of ether oxygens (including phenoxy) is 2. The lowest BCUT2D eigenvalue weighted by atomic mass is 10.1. The average molecular weight is 379 g/mol. The van der Waals surface area contributed by atoms with E-state index in [4.69, 9.17) is 9.84 Å². The largest absolute Gasteiger partial charge is 0.476 e. The van der Waals surface area contributed by atoms with E-state index in [1.54, 1.807) is 12.1 Å². The summed E-state index contributed by atoms with van der Waals surface area (Å²) >= 11 is 0. The number of hydrogen-bond acceptors (Lipinski definition) is 6. The van der Waals surface area contributed by atoms with Crippen LogP contribution in [0.2, 0.25) is 0 Å². The molecule has 2 aromatic rings. The summed E-state index contributed by atoms with van der Waals surface area (Å²) in [6.45, 7) is -2.20. The SMILES string of the molecule is O=C(O)c1cnc(C(=O)N2CCOC(c3cccc(OC(F)F)c3)C2)cn1. The maximum atomic E-state index is 12.6. The fourth-order valence-electron chi connectivity index (χ4n) is 2.64. The number of carboxylic acids is 1. The van der Waals surface area contributed by atoms with Crippen LogP contribution < -0.4 is 4.74 Å². The molecular formula is C17H15F2N3O5. The van der Waals surface area contributed by atoms with E-state index in [0.717, 1.165) is 12.4 Å². The second kappa shape index (κ2) is 8.04. The number of nitrogens with zero attached hydrogens (tertiary/aromatic N) is 3. The van der Waals surface area contributed by atoms with E-state index in [9.17, 15) is 18.4 Å². The number of hydrogen-bond donors (Lipinski definition) is 1. The summed E-state index contributed by atoms with van der Waals surface area (Å²) in [4.78, 5) is 32.4. The van der Waals surface area contributed by atoms with Crippen molar-refractivity contribution < 1.29 is 33.0 Å². The molecule has 1 fully saturated rings. The van der Waals surface area contributed by atoms with E-state index in [1.807, 2.05) is 0 Å². The Labute approximate surface area is 152 Å². The summed E-state index contributed by atoms with van der Waals surface area (Å²) in [6.07, 6.45) is 1.60. The normalized spacial score (nSPS) is 17.0. The third-order valence-electron chi connectivity index (χ3n) is 3.90. The number of amides is 1. The quantitative estimate of drug-likeness (QED) is 0.848. The molecule has 0 radical (unpaired) electrons. The molecule has 27 heavy (non-hydrogen) atoms. The molecule has 0 aliphatic carbocycles. The molecule has 1 saturated heterocycles. The first-order chi connectivity index (χ1) is 12.9. The Hall–Kier alpha value is -3.14. The zero-order valence-corrected chi connectivity index (χ0v) is 13.9. The van der Waals surface area contributed by atoms with Gasteiger partial charge in [-0.2, -0.15) is 8.78 Å². The highest BCUT2D eigenvalue weighted by molar-refractivity contribution is 5.92. The summed E-state index contributed by atoms with van der Waals surface area (Å²) in [7, 11) is 0. The summed E-state index contributed by atoms with van der Waals surface area (Å²) in [5, 5.41) is 8.83. The standard InChI is InChI=1S/C17H15F2N3O5/c18-17(19)27-11-3-1-2-10(6-11)14-9-22(4-5-26-14)15(23)12-7-21-13(8-20-12)16(24)25/h1-3,6-8,14,17H,4-5,9H2,(H,24,25). The molecule has 10 heteroatoms. The van der Waals surface area contributed by atoms with Crippen molar-refractivity contribution in [3.63, 3.8) is 0 Å². The van der Waals surface area contributed by atoms with Gasteiger partial charge in [-0.25, -0.2) is 14.8 Å².